The van der Waals surface area contributed by atoms with Gasteiger partial charge in [-0.15, -0.1) is 0 Å². The molecule has 0 aromatic rings. The zero-order valence-electron chi connectivity index (χ0n) is 34.7. The van der Waals surface area contributed by atoms with Crippen LogP contribution in [0, 0.1) is 0 Å². The number of aliphatic hydroxyl groups excluding tert-OH is 3. The van der Waals surface area contributed by atoms with E-state index in [0.29, 0.717) is 12.8 Å². The summed E-state index contributed by atoms with van der Waals surface area (Å²) in [5.74, 6) is -1.09. The van der Waals surface area contributed by atoms with Gasteiger partial charge in [-0.25, -0.2) is 9.13 Å². The fraction of sp³-hybridized carbons (Fsp3) is 0.707. The van der Waals surface area contributed by atoms with Crippen molar-refractivity contribution in [2.45, 2.75) is 148 Å². The topological polar surface area (TPSA) is 225 Å². The molecule has 0 saturated carbocycles. The van der Waals surface area contributed by atoms with E-state index in [1.165, 1.54) is 38.5 Å². The number of phosphoric acid groups is 2. The van der Waals surface area contributed by atoms with Crippen molar-refractivity contribution in [3.05, 3.63) is 60.8 Å². The van der Waals surface area contributed by atoms with Gasteiger partial charge in [0.2, 0.25) is 0 Å². The van der Waals surface area contributed by atoms with E-state index in [-0.39, 0.29) is 12.8 Å². The molecule has 0 aromatic carbocycles. The van der Waals surface area contributed by atoms with Gasteiger partial charge in [0, 0.05) is 12.8 Å². The summed E-state index contributed by atoms with van der Waals surface area (Å²) in [4.78, 5) is 43.5. The Labute approximate surface area is 346 Å². The highest BCUT2D eigenvalue weighted by atomic mass is 31.2. The minimum absolute atomic E-state index is 0.0885. The van der Waals surface area contributed by atoms with Gasteiger partial charge in [0.1, 0.15) is 31.5 Å². The van der Waals surface area contributed by atoms with Crippen molar-refractivity contribution < 1.29 is 71.4 Å². The number of carbonyl (C=O) groups is 2. The van der Waals surface area contributed by atoms with Crippen LogP contribution in [0.3, 0.4) is 0 Å². The molecule has 0 spiro atoms. The number of rotatable bonds is 39. The molecule has 15 nitrogen and oxygen atoms in total. The first kappa shape index (κ1) is 55.7. The molecule has 0 rings (SSSR count). The minimum atomic E-state index is -4.79. The average Bonchev–Trinajstić information content (AvgIpc) is 3.19. The summed E-state index contributed by atoms with van der Waals surface area (Å²) >= 11 is 0. The summed E-state index contributed by atoms with van der Waals surface area (Å²) in [7, 11) is -9.58. The quantitative estimate of drug-likeness (QED) is 0.0129. The molecule has 5 N–H and O–H groups in total. The lowest BCUT2D eigenvalue weighted by Gasteiger charge is -2.19. The van der Waals surface area contributed by atoms with Crippen LogP contribution >= 0.6 is 15.6 Å². The molecule has 0 heterocycles. The second kappa shape index (κ2) is 37.7. The first-order chi connectivity index (χ1) is 27.8. The maximum atomic E-state index is 12.1. The Kier molecular flexibility index (Phi) is 36.2. The Bertz CT molecular complexity index is 1280. The van der Waals surface area contributed by atoms with E-state index < -0.39 is 85.5 Å². The monoisotopic (exact) mass is 866 g/mol. The fourth-order valence-corrected chi connectivity index (χ4v) is 6.38. The predicted molar refractivity (Wildman–Crippen MR) is 224 cm³/mol. The second-order valence-electron chi connectivity index (χ2n) is 13.7. The number of phosphoric ester groups is 2. The number of unbranched alkanes of at least 4 members (excludes halogenated alkanes) is 11. The molecule has 0 saturated heterocycles. The van der Waals surface area contributed by atoms with Crippen molar-refractivity contribution >= 4 is 27.6 Å². The van der Waals surface area contributed by atoms with Gasteiger partial charge in [-0.2, -0.15) is 0 Å². The molecule has 0 aliphatic heterocycles. The Morgan fingerprint density at radius 2 is 0.897 bits per heavy atom. The van der Waals surface area contributed by atoms with Gasteiger partial charge in [0.15, 0.2) is 0 Å². The van der Waals surface area contributed by atoms with Crippen molar-refractivity contribution in [3.8, 4) is 0 Å². The van der Waals surface area contributed by atoms with Crippen LogP contribution in [0.2, 0.25) is 0 Å². The Hall–Kier alpha value is -2.26. The first-order valence-electron chi connectivity index (χ1n) is 20.7. The summed E-state index contributed by atoms with van der Waals surface area (Å²) < 4.78 is 52.7. The number of carbonyl (C=O) groups excluding carboxylic acids is 2. The standard InChI is InChI=1S/C41H72O15P2/c1-3-5-7-9-11-13-15-17-19-21-23-25-27-29-40(45)51-31-37(42)33-53-57(47,48)55-35-39(44)36-56-58(49,50)54-34-38(43)32-52-41(46)30-28-26-24-22-20-18-16-14-12-10-8-6-4-2/h5,7,9,11,13,15,18,20,24,26,37-39,42-44H,3-4,6,8,10,12,14,16-17,19,21-23,25,27-36H2,1-2H3,(H,47,48)(H,49,50)/b7-5+,11-9+,15-13-,20-18-,26-24+. The van der Waals surface area contributed by atoms with Crippen molar-refractivity contribution in [2.24, 2.45) is 0 Å². The van der Waals surface area contributed by atoms with Gasteiger partial charge in [-0.3, -0.25) is 27.7 Å². The number of aliphatic hydroxyl groups is 3. The molecule has 58 heavy (non-hydrogen) atoms. The lowest BCUT2D eigenvalue weighted by atomic mass is 10.1. The van der Waals surface area contributed by atoms with Gasteiger partial charge in [0.25, 0.3) is 0 Å². The molecule has 0 bridgehead atoms. The summed E-state index contributed by atoms with van der Waals surface area (Å²) in [5.41, 5.74) is 0. The van der Waals surface area contributed by atoms with E-state index in [0.717, 1.165) is 51.4 Å². The van der Waals surface area contributed by atoms with E-state index >= 15 is 0 Å². The smallest absolute Gasteiger partial charge is 0.463 e. The van der Waals surface area contributed by atoms with Gasteiger partial charge in [-0.05, 0) is 51.4 Å². The number of ether oxygens (including phenoxy) is 2. The Morgan fingerprint density at radius 3 is 1.41 bits per heavy atom. The van der Waals surface area contributed by atoms with Gasteiger partial charge >= 0.3 is 27.6 Å². The largest absolute Gasteiger partial charge is 0.472 e. The number of hydrogen-bond donors (Lipinski definition) is 5. The maximum Gasteiger partial charge on any atom is 0.472 e. The lowest BCUT2D eigenvalue weighted by Crippen LogP contribution is -2.25. The van der Waals surface area contributed by atoms with Crippen LogP contribution in [0.15, 0.2) is 60.8 Å². The van der Waals surface area contributed by atoms with Gasteiger partial charge in [-0.1, -0.05) is 126 Å². The SMILES string of the molecule is CC/C=C/C=C/C=C\CCCCCCCC(=O)OCC(O)COP(=O)(O)OCC(O)COP(=O)(O)OCC(O)COC(=O)CC/C=C/C/C=C\CCCCCCCC. The predicted octanol–water partition coefficient (Wildman–Crippen LogP) is 8.27. The van der Waals surface area contributed by atoms with Crippen LogP contribution in [0.4, 0.5) is 0 Å². The molecule has 5 atom stereocenters. The third-order valence-electron chi connectivity index (χ3n) is 8.03. The molecule has 0 aromatic heterocycles. The molecule has 5 unspecified atom stereocenters. The van der Waals surface area contributed by atoms with Crippen LogP contribution in [0.5, 0.6) is 0 Å². The molecule has 0 radical (unpaired) electrons. The van der Waals surface area contributed by atoms with Crippen LogP contribution < -0.4 is 0 Å². The minimum Gasteiger partial charge on any atom is -0.463 e. The van der Waals surface area contributed by atoms with Crippen LogP contribution in [0.1, 0.15) is 129 Å². The Morgan fingerprint density at radius 1 is 0.483 bits per heavy atom. The van der Waals surface area contributed by atoms with E-state index in [1.54, 1.807) is 0 Å². The summed E-state index contributed by atoms with van der Waals surface area (Å²) in [6.07, 6.45) is 32.5. The molecular formula is C41H72O15P2. The molecule has 0 aliphatic rings. The number of hydrogen-bond acceptors (Lipinski definition) is 13. The van der Waals surface area contributed by atoms with Crippen molar-refractivity contribution in [1.82, 2.24) is 0 Å². The van der Waals surface area contributed by atoms with E-state index in [2.05, 4.69) is 56.2 Å². The maximum absolute atomic E-state index is 12.1. The lowest BCUT2D eigenvalue weighted by molar-refractivity contribution is -0.148. The summed E-state index contributed by atoms with van der Waals surface area (Å²) in [6, 6.07) is 0. The third-order valence-corrected chi connectivity index (χ3v) is 9.93. The molecule has 336 valence electrons. The van der Waals surface area contributed by atoms with Crippen LogP contribution in [0.25, 0.3) is 0 Å². The van der Waals surface area contributed by atoms with Crippen LogP contribution in [-0.4, -0.2) is 95.0 Å². The molecule has 0 fully saturated rings. The Balaban J connectivity index is 4.02. The van der Waals surface area contributed by atoms with Crippen molar-refractivity contribution in [1.29, 1.82) is 0 Å². The normalized spacial score (nSPS) is 16.1. The zero-order valence-corrected chi connectivity index (χ0v) is 36.5. The molecule has 17 heteroatoms. The highest BCUT2D eigenvalue weighted by molar-refractivity contribution is 7.47. The molecule has 0 aliphatic carbocycles. The fourth-order valence-electron chi connectivity index (χ4n) is 4.79. The highest BCUT2D eigenvalue weighted by Gasteiger charge is 2.28. The van der Waals surface area contributed by atoms with E-state index in [9.17, 15) is 43.8 Å². The van der Waals surface area contributed by atoms with E-state index in [1.807, 2.05) is 36.5 Å². The highest BCUT2D eigenvalue weighted by Crippen LogP contribution is 2.45. The second-order valence-corrected chi connectivity index (χ2v) is 16.6. The summed E-state index contributed by atoms with van der Waals surface area (Å²) in [5, 5.41) is 29.9. The zero-order chi connectivity index (χ0) is 43.2. The van der Waals surface area contributed by atoms with Crippen molar-refractivity contribution in [2.75, 3.05) is 39.6 Å². The molecule has 0 amide bonds. The average molecular weight is 867 g/mol. The number of allylic oxidation sites excluding steroid dienone is 10. The van der Waals surface area contributed by atoms with E-state index in [4.69, 9.17) is 9.47 Å². The third kappa shape index (κ3) is 39.2. The first-order valence-corrected chi connectivity index (χ1v) is 23.7. The van der Waals surface area contributed by atoms with Gasteiger partial charge < -0.3 is 34.6 Å². The van der Waals surface area contributed by atoms with Crippen LogP contribution in [-0.2, 0) is 46.3 Å². The van der Waals surface area contributed by atoms with Crippen molar-refractivity contribution in [3.63, 3.8) is 0 Å². The summed E-state index contributed by atoms with van der Waals surface area (Å²) in [6.45, 7) is 0.140. The number of esters is 2. The molecular weight excluding hydrogens is 794 g/mol. The van der Waals surface area contributed by atoms with Gasteiger partial charge in [0.05, 0.1) is 26.4 Å².